The van der Waals surface area contributed by atoms with Crippen molar-refractivity contribution < 1.29 is 23.5 Å². The quantitative estimate of drug-likeness (QED) is 0.876. The number of ether oxygens (including phenoxy) is 2. The molecule has 0 saturated heterocycles. The summed E-state index contributed by atoms with van der Waals surface area (Å²) in [4.78, 5) is 23.8. The van der Waals surface area contributed by atoms with Crippen LogP contribution in [0.4, 0.5) is 4.39 Å². The molecule has 1 aliphatic heterocycles. The second-order valence-corrected chi connectivity index (χ2v) is 5.38. The predicted molar refractivity (Wildman–Crippen MR) is 84.1 cm³/mol. The number of halogens is 1. The van der Waals surface area contributed by atoms with Crippen molar-refractivity contribution in [3.05, 3.63) is 65.5 Å². The largest absolute Gasteiger partial charge is 0.493 e. The highest BCUT2D eigenvalue weighted by Gasteiger charge is 2.23. The molecule has 124 valence electrons. The normalized spacial score (nSPS) is 15.8. The first-order valence-corrected chi connectivity index (χ1v) is 7.57. The van der Waals surface area contributed by atoms with Gasteiger partial charge >= 0.3 is 5.97 Å². The molecule has 0 aliphatic carbocycles. The zero-order valence-corrected chi connectivity index (χ0v) is 12.8. The van der Waals surface area contributed by atoms with E-state index >= 15 is 0 Å². The van der Waals surface area contributed by atoms with Crippen molar-refractivity contribution in [1.29, 1.82) is 0 Å². The summed E-state index contributed by atoms with van der Waals surface area (Å²) in [5.74, 6) is -0.947. The molecule has 0 spiro atoms. The number of rotatable bonds is 4. The van der Waals surface area contributed by atoms with Crippen LogP contribution in [0.25, 0.3) is 0 Å². The summed E-state index contributed by atoms with van der Waals surface area (Å²) in [6.07, 6.45) is 0.639. The van der Waals surface area contributed by atoms with E-state index in [1.807, 2.05) is 24.3 Å². The minimum atomic E-state index is -0.739. The summed E-state index contributed by atoms with van der Waals surface area (Å²) in [7, 11) is 0. The van der Waals surface area contributed by atoms with Crippen molar-refractivity contribution in [1.82, 2.24) is 5.32 Å². The fourth-order valence-corrected chi connectivity index (χ4v) is 2.56. The van der Waals surface area contributed by atoms with Gasteiger partial charge in [0.05, 0.1) is 18.2 Å². The molecule has 0 saturated carbocycles. The standard InChI is InChI=1S/C18H16FNO4/c19-13-5-3-4-12(10-13)18(22)24-11-17(21)20-15-8-9-23-16-7-2-1-6-14(15)16/h1-7,10,15H,8-9,11H2,(H,20,21). The first-order valence-electron chi connectivity index (χ1n) is 7.57. The molecule has 24 heavy (non-hydrogen) atoms. The molecule has 1 atom stereocenters. The van der Waals surface area contributed by atoms with Crippen molar-refractivity contribution in [2.45, 2.75) is 12.5 Å². The zero-order valence-electron chi connectivity index (χ0n) is 12.8. The smallest absolute Gasteiger partial charge is 0.338 e. The topological polar surface area (TPSA) is 64.6 Å². The van der Waals surface area contributed by atoms with Crippen LogP contribution in [0.5, 0.6) is 5.75 Å². The molecule has 2 aromatic rings. The van der Waals surface area contributed by atoms with Gasteiger partial charge < -0.3 is 14.8 Å². The maximum absolute atomic E-state index is 13.1. The molecule has 1 heterocycles. The van der Waals surface area contributed by atoms with Gasteiger partial charge in [-0.25, -0.2) is 9.18 Å². The van der Waals surface area contributed by atoms with E-state index in [2.05, 4.69) is 5.32 Å². The molecular formula is C18H16FNO4. The molecule has 2 aromatic carbocycles. The summed E-state index contributed by atoms with van der Waals surface area (Å²) < 4.78 is 23.5. The van der Waals surface area contributed by atoms with E-state index in [4.69, 9.17) is 9.47 Å². The Morgan fingerprint density at radius 3 is 2.88 bits per heavy atom. The Bertz CT molecular complexity index is 762. The predicted octanol–water partition coefficient (Wildman–Crippen LogP) is 2.62. The first kappa shape index (κ1) is 16.0. The Hall–Kier alpha value is -2.89. The van der Waals surface area contributed by atoms with Gasteiger partial charge in [-0.05, 0) is 24.3 Å². The van der Waals surface area contributed by atoms with Gasteiger partial charge in [-0.2, -0.15) is 0 Å². The Morgan fingerprint density at radius 1 is 1.21 bits per heavy atom. The van der Waals surface area contributed by atoms with E-state index < -0.39 is 24.3 Å². The van der Waals surface area contributed by atoms with E-state index in [0.29, 0.717) is 13.0 Å². The lowest BCUT2D eigenvalue weighted by Gasteiger charge is -2.26. The van der Waals surface area contributed by atoms with Crippen molar-refractivity contribution in [3.8, 4) is 5.75 Å². The zero-order chi connectivity index (χ0) is 16.9. The lowest BCUT2D eigenvalue weighted by molar-refractivity contribution is -0.125. The van der Waals surface area contributed by atoms with Gasteiger partial charge in [-0.15, -0.1) is 0 Å². The number of benzene rings is 2. The molecule has 0 radical (unpaired) electrons. The molecule has 0 fully saturated rings. The molecular weight excluding hydrogens is 313 g/mol. The minimum Gasteiger partial charge on any atom is -0.493 e. The van der Waals surface area contributed by atoms with Crippen LogP contribution in [-0.4, -0.2) is 25.1 Å². The fraction of sp³-hybridized carbons (Fsp3) is 0.222. The van der Waals surface area contributed by atoms with Crippen LogP contribution in [0.15, 0.2) is 48.5 Å². The number of hydrogen-bond donors (Lipinski definition) is 1. The Morgan fingerprint density at radius 2 is 2.04 bits per heavy atom. The SMILES string of the molecule is O=C(COC(=O)c1cccc(F)c1)NC1CCOc2ccccc21. The van der Waals surface area contributed by atoms with Crippen molar-refractivity contribution in [2.24, 2.45) is 0 Å². The van der Waals surface area contributed by atoms with Gasteiger partial charge in [-0.3, -0.25) is 4.79 Å². The third-order valence-corrected chi connectivity index (χ3v) is 3.69. The van der Waals surface area contributed by atoms with Crippen LogP contribution in [0.1, 0.15) is 28.4 Å². The van der Waals surface area contributed by atoms with Gasteiger partial charge in [0.2, 0.25) is 0 Å². The third kappa shape index (κ3) is 3.71. The van der Waals surface area contributed by atoms with E-state index in [-0.39, 0.29) is 11.6 Å². The highest BCUT2D eigenvalue weighted by Crippen LogP contribution is 2.31. The lowest BCUT2D eigenvalue weighted by atomic mass is 10.0. The Balaban J connectivity index is 1.56. The molecule has 1 amide bonds. The third-order valence-electron chi connectivity index (χ3n) is 3.69. The van der Waals surface area contributed by atoms with Gasteiger partial charge in [0.1, 0.15) is 11.6 Å². The van der Waals surface area contributed by atoms with E-state index in [9.17, 15) is 14.0 Å². The summed E-state index contributed by atoms with van der Waals surface area (Å²) in [6.45, 7) is 0.0832. The monoisotopic (exact) mass is 329 g/mol. The van der Waals surface area contributed by atoms with Crippen LogP contribution >= 0.6 is 0 Å². The number of carbonyl (C=O) groups excluding carboxylic acids is 2. The number of esters is 1. The van der Waals surface area contributed by atoms with Gasteiger partial charge in [0.15, 0.2) is 6.61 Å². The highest BCUT2D eigenvalue weighted by atomic mass is 19.1. The lowest BCUT2D eigenvalue weighted by Crippen LogP contribution is -2.35. The molecule has 0 bridgehead atoms. The number of carbonyl (C=O) groups is 2. The second-order valence-electron chi connectivity index (χ2n) is 5.38. The second kappa shape index (κ2) is 7.12. The molecule has 1 unspecified atom stereocenters. The summed E-state index contributed by atoms with van der Waals surface area (Å²) in [6, 6.07) is 12.4. The van der Waals surface area contributed by atoms with Crippen LogP contribution in [0.2, 0.25) is 0 Å². The van der Waals surface area contributed by atoms with Crippen LogP contribution in [0, 0.1) is 5.82 Å². The maximum Gasteiger partial charge on any atom is 0.338 e. The number of nitrogens with one attached hydrogen (secondary N) is 1. The molecule has 1 aliphatic rings. The average molecular weight is 329 g/mol. The summed E-state index contributed by atoms with van der Waals surface area (Å²) in [5, 5.41) is 2.82. The molecule has 3 rings (SSSR count). The maximum atomic E-state index is 13.1. The highest BCUT2D eigenvalue weighted by molar-refractivity contribution is 5.91. The summed E-state index contributed by atoms with van der Waals surface area (Å²) >= 11 is 0. The van der Waals surface area contributed by atoms with Crippen molar-refractivity contribution in [2.75, 3.05) is 13.2 Å². The van der Waals surface area contributed by atoms with Crippen molar-refractivity contribution in [3.63, 3.8) is 0 Å². The van der Waals surface area contributed by atoms with Crippen LogP contribution in [-0.2, 0) is 9.53 Å². The Labute approximate surface area is 138 Å². The minimum absolute atomic E-state index is 0.0687. The molecule has 0 aromatic heterocycles. The molecule has 1 N–H and O–H groups in total. The fourth-order valence-electron chi connectivity index (χ4n) is 2.56. The van der Waals surface area contributed by atoms with Gasteiger partial charge in [-0.1, -0.05) is 24.3 Å². The van der Waals surface area contributed by atoms with E-state index in [0.717, 1.165) is 17.4 Å². The number of fused-ring (bicyclic) bond motifs is 1. The molecule has 5 nitrogen and oxygen atoms in total. The van der Waals surface area contributed by atoms with Gasteiger partial charge in [0, 0.05) is 12.0 Å². The number of amides is 1. The Kier molecular flexibility index (Phi) is 4.74. The van der Waals surface area contributed by atoms with Crippen LogP contribution < -0.4 is 10.1 Å². The number of hydrogen-bond acceptors (Lipinski definition) is 4. The molecule has 6 heteroatoms. The number of para-hydroxylation sites is 1. The van der Waals surface area contributed by atoms with Crippen LogP contribution in [0.3, 0.4) is 0 Å². The van der Waals surface area contributed by atoms with E-state index in [1.54, 1.807) is 0 Å². The van der Waals surface area contributed by atoms with Crippen molar-refractivity contribution >= 4 is 11.9 Å². The van der Waals surface area contributed by atoms with E-state index in [1.165, 1.54) is 18.2 Å². The first-order chi connectivity index (χ1) is 11.6. The summed E-state index contributed by atoms with van der Waals surface area (Å²) in [5.41, 5.74) is 0.966. The average Bonchev–Trinajstić information content (AvgIpc) is 2.60. The van der Waals surface area contributed by atoms with Gasteiger partial charge in [0.25, 0.3) is 5.91 Å².